The van der Waals surface area contributed by atoms with E-state index in [4.69, 9.17) is 9.84 Å². The number of non-ortho nitro benzene ring substituents is 1. The molecule has 212 valence electrons. The zero-order valence-corrected chi connectivity index (χ0v) is 23.3. The summed E-state index contributed by atoms with van der Waals surface area (Å²) in [6.45, 7) is 0.402. The van der Waals surface area contributed by atoms with Gasteiger partial charge in [0, 0.05) is 48.6 Å². The molecule has 0 radical (unpaired) electrons. The summed E-state index contributed by atoms with van der Waals surface area (Å²) in [6, 6.07) is 11.5. The predicted octanol–water partition coefficient (Wildman–Crippen LogP) is 3.50. The second-order valence-electron chi connectivity index (χ2n) is 8.91. The number of H-pyrrole nitrogens is 1. The Morgan fingerprint density at radius 2 is 1.88 bits per heavy atom. The normalized spacial score (nSPS) is 14.8. The van der Waals surface area contributed by atoms with E-state index < -0.39 is 34.8 Å². The molecule has 2 heterocycles. The number of rotatable bonds is 10. The molecule has 12 nitrogen and oxygen atoms in total. The van der Waals surface area contributed by atoms with Crippen LogP contribution < -0.4 is 10.1 Å². The lowest BCUT2D eigenvalue weighted by Crippen LogP contribution is -2.50. The number of nitro benzene ring substituents is 1. The standard InChI is InChI=1S/C26H25N5O7.2H2S/c27-14-18-2-1-11-30(18)26(35)23(29-24(32)9-10-25(33)34)12-16-15-28-22-8-7-20(13-21(16)22)38-19-5-3-17(4-6-19)31(36)37;;/h3-8,13,15,18,23,28H,1-2,9-12H2,(H,29,32)(H,33,34);2*1H2/t18-,23-;;/m0../s1. The number of hydrogen-bond donors (Lipinski definition) is 3. The monoisotopic (exact) mass is 587 g/mol. The molecule has 1 fully saturated rings. The summed E-state index contributed by atoms with van der Waals surface area (Å²) < 4.78 is 5.85. The van der Waals surface area contributed by atoms with Crippen molar-refractivity contribution in [2.75, 3.05) is 6.54 Å². The summed E-state index contributed by atoms with van der Waals surface area (Å²) in [5, 5.41) is 32.6. The van der Waals surface area contributed by atoms with Crippen LogP contribution >= 0.6 is 27.0 Å². The Kier molecular flexibility index (Phi) is 11.4. The lowest BCUT2D eigenvalue weighted by Gasteiger charge is -2.26. The first-order valence-corrected chi connectivity index (χ1v) is 12.0. The van der Waals surface area contributed by atoms with Gasteiger partial charge in [0.05, 0.1) is 17.4 Å². The van der Waals surface area contributed by atoms with Gasteiger partial charge in [-0.05, 0) is 48.7 Å². The van der Waals surface area contributed by atoms with Crippen LogP contribution in [0.2, 0.25) is 0 Å². The summed E-state index contributed by atoms with van der Waals surface area (Å²) in [5.74, 6) is -1.22. The van der Waals surface area contributed by atoms with Crippen LogP contribution in [-0.4, -0.2) is 56.3 Å². The van der Waals surface area contributed by atoms with Crippen LogP contribution in [0.25, 0.3) is 10.9 Å². The Labute approximate surface area is 243 Å². The molecule has 0 spiro atoms. The molecule has 1 saturated heterocycles. The molecule has 14 heteroatoms. The fraction of sp³-hybridized carbons (Fsp3) is 0.308. The number of nitriles is 1. The molecule has 2 aromatic carbocycles. The number of amides is 2. The molecular formula is C26H29N5O7S2. The maximum atomic E-state index is 13.4. The first-order valence-electron chi connectivity index (χ1n) is 12.0. The van der Waals surface area contributed by atoms with Crippen molar-refractivity contribution < 1.29 is 29.2 Å². The van der Waals surface area contributed by atoms with Gasteiger partial charge in [-0.2, -0.15) is 32.3 Å². The number of carbonyl (C=O) groups excluding carboxylic acids is 2. The SMILES string of the molecule is N#C[C@@H]1CCCN1C(=O)[C@H](Cc1c[nH]c2ccc(Oc3ccc([N+](=O)[O-])cc3)cc12)NC(=O)CCC(=O)O.S.S. The van der Waals surface area contributed by atoms with Gasteiger partial charge >= 0.3 is 5.97 Å². The average molecular weight is 588 g/mol. The lowest BCUT2D eigenvalue weighted by molar-refractivity contribution is -0.384. The van der Waals surface area contributed by atoms with Crippen molar-refractivity contribution in [1.29, 1.82) is 5.26 Å². The van der Waals surface area contributed by atoms with Crippen molar-refractivity contribution in [2.45, 2.75) is 44.2 Å². The molecule has 3 aromatic rings. The second kappa shape index (κ2) is 14.2. The Hall–Kier alpha value is -4.22. The van der Waals surface area contributed by atoms with Gasteiger partial charge in [-0.15, -0.1) is 0 Å². The number of benzene rings is 2. The molecule has 2 amide bonds. The number of aliphatic carboxylic acids is 1. The zero-order chi connectivity index (χ0) is 27.2. The Balaban J connectivity index is 0.00000280. The van der Waals surface area contributed by atoms with Crippen LogP contribution in [0.1, 0.15) is 31.2 Å². The van der Waals surface area contributed by atoms with Crippen molar-refractivity contribution in [2.24, 2.45) is 0 Å². The highest BCUT2D eigenvalue weighted by Crippen LogP contribution is 2.29. The van der Waals surface area contributed by atoms with Crippen molar-refractivity contribution in [3.63, 3.8) is 0 Å². The second-order valence-corrected chi connectivity index (χ2v) is 8.91. The lowest BCUT2D eigenvalue weighted by atomic mass is 10.0. The maximum Gasteiger partial charge on any atom is 0.303 e. The van der Waals surface area contributed by atoms with E-state index in [2.05, 4.69) is 16.4 Å². The Morgan fingerprint density at radius 3 is 2.52 bits per heavy atom. The van der Waals surface area contributed by atoms with Crippen molar-refractivity contribution >= 4 is 61.4 Å². The molecule has 1 aliphatic heterocycles. The fourth-order valence-electron chi connectivity index (χ4n) is 4.43. The Bertz CT molecular complexity index is 1420. The van der Waals surface area contributed by atoms with Crippen molar-refractivity contribution in [3.8, 4) is 17.6 Å². The Morgan fingerprint density at radius 1 is 1.18 bits per heavy atom. The number of fused-ring (bicyclic) bond motifs is 1. The highest BCUT2D eigenvalue weighted by molar-refractivity contribution is 7.59. The number of nitrogens with zero attached hydrogens (tertiary/aromatic N) is 3. The van der Waals surface area contributed by atoms with E-state index >= 15 is 0 Å². The quantitative estimate of drug-likeness (QED) is 0.238. The summed E-state index contributed by atoms with van der Waals surface area (Å²) in [7, 11) is 0. The van der Waals surface area contributed by atoms with Crippen molar-refractivity contribution in [3.05, 3.63) is 64.3 Å². The molecule has 40 heavy (non-hydrogen) atoms. The van der Waals surface area contributed by atoms with Gasteiger partial charge < -0.3 is 25.0 Å². The minimum Gasteiger partial charge on any atom is -0.481 e. The fourth-order valence-corrected chi connectivity index (χ4v) is 4.43. The summed E-state index contributed by atoms with van der Waals surface area (Å²) >= 11 is 0. The van der Waals surface area contributed by atoms with E-state index in [0.29, 0.717) is 36.4 Å². The third kappa shape index (κ3) is 7.67. The summed E-state index contributed by atoms with van der Waals surface area (Å²) in [4.78, 5) is 51.7. The number of likely N-dealkylation sites (tertiary alicyclic amines) is 1. The maximum absolute atomic E-state index is 13.4. The number of carbonyl (C=O) groups is 3. The van der Waals surface area contributed by atoms with Gasteiger partial charge in [0.2, 0.25) is 11.8 Å². The van der Waals surface area contributed by atoms with E-state index in [1.54, 1.807) is 24.4 Å². The molecule has 4 rings (SSSR count). The van der Waals surface area contributed by atoms with Crippen LogP contribution in [0, 0.1) is 21.4 Å². The molecule has 1 aliphatic rings. The van der Waals surface area contributed by atoms with Gasteiger partial charge in [-0.1, -0.05) is 0 Å². The molecule has 0 saturated carbocycles. The van der Waals surface area contributed by atoms with Gasteiger partial charge in [0.25, 0.3) is 5.69 Å². The van der Waals surface area contributed by atoms with Crippen LogP contribution in [0.5, 0.6) is 11.5 Å². The zero-order valence-electron chi connectivity index (χ0n) is 21.3. The number of ether oxygens (including phenoxy) is 1. The summed E-state index contributed by atoms with van der Waals surface area (Å²) in [6.07, 6.45) is 2.41. The molecule has 0 aliphatic carbocycles. The first kappa shape index (κ1) is 32.0. The van der Waals surface area contributed by atoms with Crippen LogP contribution in [0.15, 0.2) is 48.7 Å². The molecule has 0 unspecified atom stereocenters. The van der Waals surface area contributed by atoms with Gasteiger partial charge in [-0.3, -0.25) is 24.5 Å². The highest BCUT2D eigenvalue weighted by Gasteiger charge is 2.34. The number of aromatic amines is 1. The highest BCUT2D eigenvalue weighted by atomic mass is 32.1. The van der Waals surface area contributed by atoms with E-state index in [1.807, 2.05) is 0 Å². The van der Waals surface area contributed by atoms with Crippen LogP contribution in [0.4, 0.5) is 5.69 Å². The van der Waals surface area contributed by atoms with Crippen molar-refractivity contribution in [1.82, 2.24) is 15.2 Å². The van der Waals surface area contributed by atoms with Crippen LogP contribution in [-0.2, 0) is 20.8 Å². The number of nitrogens with one attached hydrogen (secondary N) is 2. The molecular weight excluding hydrogens is 558 g/mol. The number of hydrogen-bond acceptors (Lipinski definition) is 7. The first-order chi connectivity index (χ1) is 18.2. The van der Waals surface area contributed by atoms with Gasteiger partial charge in [0.15, 0.2) is 0 Å². The van der Waals surface area contributed by atoms with E-state index in [0.717, 1.165) is 10.9 Å². The third-order valence-corrected chi connectivity index (χ3v) is 6.33. The molecule has 0 bridgehead atoms. The number of carboxylic acids is 1. The molecule has 1 aromatic heterocycles. The van der Waals surface area contributed by atoms with E-state index in [9.17, 15) is 29.8 Å². The largest absolute Gasteiger partial charge is 0.481 e. The number of nitro groups is 1. The van der Waals surface area contributed by atoms with Gasteiger partial charge in [-0.25, -0.2) is 0 Å². The van der Waals surface area contributed by atoms with E-state index in [-0.39, 0.29) is 51.9 Å². The van der Waals surface area contributed by atoms with E-state index in [1.165, 1.54) is 29.2 Å². The minimum atomic E-state index is -1.12. The van der Waals surface area contributed by atoms with Crippen LogP contribution in [0.3, 0.4) is 0 Å². The molecule has 2 atom stereocenters. The molecule has 3 N–H and O–H groups in total. The number of aromatic nitrogens is 1. The average Bonchev–Trinajstić information content (AvgIpc) is 3.54. The summed E-state index contributed by atoms with van der Waals surface area (Å²) in [5.41, 5.74) is 1.41. The smallest absolute Gasteiger partial charge is 0.303 e. The number of carboxylic acid groups (broad SMARTS) is 1. The topological polar surface area (TPSA) is 179 Å². The third-order valence-electron chi connectivity index (χ3n) is 6.33. The minimum absolute atomic E-state index is 0. The predicted molar refractivity (Wildman–Crippen MR) is 155 cm³/mol. The van der Waals surface area contributed by atoms with Gasteiger partial charge in [0.1, 0.15) is 23.6 Å².